The fourth-order valence-electron chi connectivity index (χ4n) is 4.15. The molecule has 0 bridgehead atoms. The fourth-order valence-corrected chi connectivity index (χ4v) is 5.30. The maximum Gasteiger partial charge on any atom is 0.0730 e. The Morgan fingerprint density at radius 1 is 0.714 bits per heavy atom. The molecule has 1 unspecified atom stereocenters. The number of para-hydroxylation sites is 2. The third-order valence-electron chi connectivity index (χ3n) is 5.91. The van der Waals surface area contributed by atoms with Crippen molar-refractivity contribution >= 4 is 44.0 Å². The van der Waals surface area contributed by atoms with Crippen LogP contribution in [0.4, 0.5) is 11.4 Å². The Kier molecular flexibility index (Phi) is 7.47. The predicted octanol–water partition coefficient (Wildman–Crippen LogP) is 6.99. The first-order valence-corrected chi connectivity index (χ1v) is 13.4. The minimum absolute atomic E-state index is 0.556. The Hall–Kier alpha value is -3.54. The van der Waals surface area contributed by atoms with Gasteiger partial charge in [-0.2, -0.15) is 0 Å². The third-order valence-corrected chi connectivity index (χ3v) is 7.31. The van der Waals surface area contributed by atoms with Crippen LogP contribution in [-0.2, 0) is 27.9 Å². The van der Waals surface area contributed by atoms with Crippen molar-refractivity contribution < 1.29 is 8.95 Å². The summed E-state index contributed by atoms with van der Waals surface area (Å²) in [6.07, 6.45) is 0.793. The Balaban J connectivity index is 1.18. The number of rotatable bonds is 10. The van der Waals surface area contributed by atoms with Crippen LogP contribution < -0.4 is 5.32 Å². The molecule has 0 aliphatic heterocycles. The molecule has 35 heavy (non-hydrogen) atoms. The molecule has 0 amide bonds. The molecule has 0 fully saturated rings. The van der Waals surface area contributed by atoms with Crippen molar-refractivity contribution in [3.05, 3.63) is 114 Å². The number of fused-ring (bicyclic) bond motifs is 2. The zero-order valence-electron chi connectivity index (χ0n) is 19.5. The molecular formula is C30H28N2O2S. The molecule has 0 saturated carbocycles. The van der Waals surface area contributed by atoms with Crippen molar-refractivity contribution in [3.63, 3.8) is 0 Å². The van der Waals surface area contributed by atoms with Gasteiger partial charge in [-0.25, -0.2) is 4.98 Å². The number of hydrogen-bond acceptors (Lipinski definition) is 4. The smallest absolute Gasteiger partial charge is 0.0730 e. The average molecular weight is 481 g/mol. The maximum atomic E-state index is 12.5. The summed E-state index contributed by atoms with van der Waals surface area (Å²) in [5.74, 6) is 1.20. The molecule has 1 N–H and O–H groups in total. The quantitative estimate of drug-likeness (QED) is 0.173. The number of nitrogens with zero attached hydrogens (tertiary/aromatic N) is 1. The van der Waals surface area contributed by atoms with Crippen LogP contribution in [0.2, 0.25) is 0 Å². The van der Waals surface area contributed by atoms with E-state index in [9.17, 15) is 4.21 Å². The maximum absolute atomic E-state index is 12.5. The van der Waals surface area contributed by atoms with Gasteiger partial charge in [0.05, 0.1) is 23.3 Å². The predicted molar refractivity (Wildman–Crippen MR) is 146 cm³/mol. The van der Waals surface area contributed by atoms with E-state index in [0.29, 0.717) is 24.7 Å². The third kappa shape index (κ3) is 5.94. The first-order chi connectivity index (χ1) is 17.3. The van der Waals surface area contributed by atoms with E-state index in [1.54, 1.807) is 0 Å². The number of aromatic nitrogens is 1. The lowest BCUT2D eigenvalue weighted by molar-refractivity contribution is 0.122. The van der Waals surface area contributed by atoms with E-state index in [1.165, 1.54) is 0 Å². The summed E-state index contributed by atoms with van der Waals surface area (Å²) in [6.45, 7) is 1.22. The second-order valence-corrected chi connectivity index (χ2v) is 10.1. The number of ether oxygens (including phenoxy) is 1. The van der Waals surface area contributed by atoms with Crippen molar-refractivity contribution in [1.82, 2.24) is 4.98 Å². The molecule has 0 aliphatic rings. The van der Waals surface area contributed by atoms with Crippen LogP contribution in [0.25, 0.3) is 21.8 Å². The minimum Gasteiger partial charge on any atom is -0.377 e. The Morgan fingerprint density at radius 3 is 2.03 bits per heavy atom. The molecule has 4 aromatic carbocycles. The number of hydrogen-bond donors (Lipinski definition) is 1. The topological polar surface area (TPSA) is 51.2 Å². The Labute approximate surface area is 208 Å². The van der Waals surface area contributed by atoms with Crippen molar-refractivity contribution in [2.75, 3.05) is 17.7 Å². The van der Waals surface area contributed by atoms with Crippen LogP contribution in [0.15, 0.2) is 103 Å². The number of pyridine rings is 1. The lowest BCUT2D eigenvalue weighted by atomic mass is 10.1. The van der Waals surface area contributed by atoms with Gasteiger partial charge in [-0.05, 0) is 41.8 Å². The SMILES string of the molecule is O=S(CCCOCc1ccccc1)Cc1ccc(Nc2c3ccccc3nc3ccccc23)cc1. The van der Waals surface area contributed by atoms with Crippen LogP contribution in [0, 0.1) is 0 Å². The molecule has 176 valence electrons. The van der Waals surface area contributed by atoms with Crippen LogP contribution in [-0.4, -0.2) is 21.6 Å². The van der Waals surface area contributed by atoms with E-state index in [4.69, 9.17) is 9.72 Å². The fraction of sp³-hybridized carbons (Fsp3) is 0.167. The lowest BCUT2D eigenvalue weighted by Gasteiger charge is -2.13. The average Bonchev–Trinajstić information content (AvgIpc) is 2.90. The standard InChI is InChI=1S/C30H28N2O2S/c33-35(20-8-19-34-21-23-9-2-1-3-10-23)22-24-15-17-25(18-16-24)31-30-26-11-4-6-13-28(26)32-29-14-7-5-12-27(29)30/h1-7,9-18H,8,19-22H2,(H,31,32). The molecule has 5 heteroatoms. The molecular weight excluding hydrogens is 452 g/mol. The van der Waals surface area contributed by atoms with Gasteiger partial charge >= 0.3 is 0 Å². The summed E-state index contributed by atoms with van der Waals surface area (Å²) in [6, 6.07) is 34.7. The summed E-state index contributed by atoms with van der Waals surface area (Å²) in [7, 11) is -0.909. The Morgan fingerprint density at radius 2 is 1.34 bits per heavy atom. The summed E-state index contributed by atoms with van der Waals surface area (Å²) in [4.78, 5) is 4.80. The first-order valence-electron chi connectivity index (χ1n) is 11.9. The lowest BCUT2D eigenvalue weighted by Crippen LogP contribution is -2.05. The van der Waals surface area contributed by atoms with Gasteiger partial charge in [-0.1, -0.05) is 78.9 Å². The number of nitrogens with one attached hydrogen (secondary N) is 1. The molecule has 5 rings (SSSR count). The van der Waals surface area contributed by atoms with E-state index in [2.05, 4.69) is 53.8 Å². The highest BCUT2D eigenvalue weighted by Gasteiger charge is 2.09. The second-order valence-electron chi connectivity index (χ2n) is 8.52. The van der Waals surface area contributed by atoms with Crippen molar-refractivity contribution in [1.29, 1.82) is 0 Å². The van der Waals surface area contributed by atoms with Gasteiger partial charge in [-0.15, -0.1) is 0 Å². The molecule has 1 atom stereocenters. The monoisotopic (exact) mass is 480 g/mol. The van der Waals surface area contributed by atoms with Gasteiger partial charge in [-0.3, -0.25) is 4.21 Å². The highest BCUT2D eigenvalue weighted by molar-refractivity contribution is 7.84. The summed E-state index contributed by atoms with van der Waals surface area (Å²) in [5.41, 5.74) is 6.22. The van der Waals surface area contributed by atoms with E-state index in [-0.39, 0.29) is 0 Å². The number of benzene rings is 4. The first kappa shape index (κ1) is 23.2. The van der Waals surface area contributed by atoms with Crippen LogP contribution >= 0.6 is 0 Å². The molecule has 5 aromatic rings. The van der Waals surface area contributed by atoms with Gasteiger partial charge in [0.1, 0.15) is 0 Å². The summed E-state index contributed by atoms with van der Waals surface area (Å²) >= 11 is 0. The van der Waals surface area contributed by atoms with E-state index in [0.717, 1.165) is 50.7 Å². The molecule has 0 saturated heterocycles. The zero-order valence-corrected chi connectivity index (χ0v) is 20.3. The van der Waals surface area contributed by atoms with Gasteiger partial charge in [0.2, 0.25) is 0 Å². The van der Waals surface area contributed by atoms with Crippen LogP contribution in [0.1, 0.15) is 17.5 Å². The van der Waals surface area contributed by atoms with Gasteiger partial charge in [0, 0.05) is 45.4 Å². The van der Waals surface area contributed by atoms with Crippen molar-refractivity contribution in [2.24, 2.45) is 0 Å². The molecule has 0 spiro atoms. The van der Waals surface area contributed by atoms with E-state index in [1.807, 2.05) is 54.6 Å². The minimum atomic E-state index is -0.909. The summed E-state index contributed by atoms with van der Waals surface area (Å²) in [5, 5.41) is 5.78. The van der Waals surface area contributed by atoms with Crippen molar-refractivity contribution in [3.8, 4) is 0 Å². The van der Waals surface area contributed by atoms with E-state index >= 15 is 0 Å². The normalized spacial score (nSPS) is 12.1. The molecule has 1 aromatic heterocycles. The Bertz CT molecular complexity index is 1380. The molecule has 0 aliphatic carbocycles. The largest absolute Gasteiger partial charge is 0.377 e. The molecule has 4 nitrogen and oxygen atoms in total. The molecule has 1 heterocycles. The summed E-state index contributed by atoms with van der Waals surface area (Å²) < 4.78 is 18.3. The van der Waals surface area contributed by atoms with Gasteiger partial charge < -0.3 is 10.1 Å². The van der Waals surface area contributed by atoms with Crippen molar-refractivity contribution in [2.45, 2.75) is 18.8 Å². The second kappa shape index (κ2) is 11.3. The molecule has 0 radical (unpaired) electrons. The van der Waals surface area contributed by atoms with Gasteiger partial charge in [0.15, 0.2) is 0 Å². The van der Waals surface area contributed by atoms with Crippen LogP contribution in [0.5, 0.6) is 0 Å². The van der Waals surface area contributed by atoms with E-state index < -0.39 is 10.8 Å². The highest BCUT2D eigenvalue weighted by atomic mass is 32.2. The highest BCUT2D eigenvalue weighted by Crippen LogP contribution is 2.33. The van der Waals surface area contributed by atoms with Crippen LogP contribution in [0.3, 0.4) is 0 Å². The zero-order chi connectivity index (χ0) is 23.9. The van der Waals surface area contributed by atoms with Gasteiger partial charge in [0.25, 0.3) is 0 Å². The number of anilines is 2.